The molecular weight excluding hydrogens is 394 g/mol. The Kier molecular flexibility index (Phi) is 6.10. The number of imidazole rings is 1. The molecule has 1 atom stereocenters. The summed E-state index contributed by atoms with van der Waals surface area (Å²) < 4.78 is 8.46. The number of aryl methyl sites for hydroxylation is 1. The Morgan fingerprint density at radius 3 is 2.70 bits per heavy atom. The molecule has 1 aromatic carbocycles. The lowest BCUT2D eigenvalue weighted by molar-refractivity contribution is 0.0995. The molecule has 3 aromatic rings. The van der Waals surface area contributed by atoms with Crippen molar-refractivity contribution in [1.82, 2.24) is 14.5 Å². The molecule has 2 aromatic heterocycles. The van der Waals surface area contributed by atoms with Crippen molar-refractivity contribution < 1.29 is 9.22 Å². The van der Waals surface area contributed by atoms with Gasteiger partial charge in [-0.3, -0.25) is 4.79 Å². The molecule has 0 fully saturated rings. The van der Waals surface area contributed by atoms with E-state index in [1.165, 1.54) is 10.9 Å². The first kappa shape index (κ1) is 22.1. The second-order valence-electron chi connectivity index (χ2n) is 9.45. The van der Waals surface area contributed by atoms with E-state index in [0.29, 0.717) is 6.61 Å². The van der Waals surface area contributed by atoms with E-state index in [9.17, 15) is 4.79 Å². The van der Waals surface area contributed by atoms with Gasteiger partial charge in [0.2, 0.25) is 0 Å². The van der Waals surface area contributed by atoms with Crippen LogP contribution in [-0.4, -0.2) is 35.4 Å². The minimum atomic E-state index is -1.91. The number of carbonyl (C=O) groups is 1. The van der Waals surface area contributed by atoms with Gasteiger partial charge in [-0.2, -0.15) is 0 Å². The number of carbonyl (C=O) groups excluding carboxylic acids is 1. The first-order valence-corrected chi connectivity index (χ1v) is 13.2. The van der Waals surface area contributed by atoms with E-state index in [-0.39, 0.29) is 16.8 Å². The number of hydrogen-bond acceptors (Lipinski definition) is 4. The van der Waals surface area contributed by atoms with Crippen LogP contribution in [0.5, 0.6) is 0 Å². The van der Waals surface area contributed by atoms with E-state index in [4.69, 9.17) is 15.9 Å². The molecule has 0 radical (unpaired) electrons. The Labute approximate surface area is 178 Å². The van der Waals surface area contributed by atoms with Crippen molar-refractivity contribution in [2.75, 3.05) is 12.3 Å². The third-order valence-electron chi connectivity index (χ3n) is 6.26. The van der Waals surface area contributed by atoms with E-state index >= 15 is 0 Å². The predicted octanol–water partition coefficient (Wildman–Crippen LogP) is 4.24. The van der Waals surface area contributed by atoms with Crippen molar-refractivity contribution in [3.05, 3.63) is 48.2 Å². The van der Waals surface area contributed by atoms with Gasteiger partial charge in [0.05, 0.1) is 19.0 Å². The molecule has 7 nitrogen and oxygen atoms in total. The highest BCUT2D eigenvalue weighted by Crippen LogP contribution is 2.37. The number of amides is 1. The summed E-state index contributed by atoms with van der Waals surface area (Å²) >= 11 is 0. The lowest BCUT2D eigenvalue weighted by Gasteiger charge is -2.37. The fraction of sp³-hybridized carbons (Fsp3) is 0.455. The Balaban J connectivity index is 1.80. The zero-order chi connectivity index (χ0) is 22.1. The maximum Gasteiger partial charge on any atom is 0.268 e. The highest BCUT2D eigenvalue weighted by atomic mass is 28.4. The molecule has 2 heterocycles. The number of anilines is 1. The number of benzene rings is 1. The maximum atomic E-state index is 11.5. The molecule has 0 aliphatic carbocycles. The normalized spacial score (nSPS) is 13.6. The minimum Gasteiger partial charge on any atom is -0.415 e. The SMILES string of the molecule is CC(C)(C)[Si](C)(C)OC[C@@H](CCc1c[nH]c2cc(N)ccc12)n1cnc(C(N)=O)c1. The number of nitrogens with zero attached hydrogens (tertiary/aromatic N) is 2. The average molecular weight is 428 g/mol. The fourth-order valence-electron chi connectivity index (χ4n) is 3.24. The average Bonchev–Trinajstić information content (AvgIpc) is 3.28. The van der Waals surface area contributed by atoms with E-state index in [1.807, 2.05) is 22.9 Å². The lowest BCUT2D eigenvalue weighted by Crippen LogP contribution is -2.42. The second kappa shape index (κ2) is 8.27. The number of primary amides is 1. The number of nitrogens with two attached hydrogens (primary N) is 2. The van der Waals surface area contributed by atoms with Gasteiger partial charge in [0.1, 0.15) is 5.69 Å². The number of nitrogen functional groups attached to an aromatic ring is 1. The Hall–Kier alpha value is -2.58. The number of fused-ring (bicyclic) bond motifs is 1. The number of aromatic nitrogens is 3. The summed E-state index contributed by atoms with van der Waals surface area (Å²) in [5.41, 5.74) is 14.6. The minimum absolute atomic E-state index is 0.0541. The van der Waals surface area contributed by atoms with Crippen LogP contribution >= 0.6 is 0 Å². The van der Waals surface area contributed by atoms with Crippen molar-refractivity contribution in [3.8, 4) is 0 Å². The van der Waals surface area contributed by atoms with Gasteiger partial charge in [-0.1, -0.05) is 26.8 Å². The molecule has 8 heteroatoms. The van der Waals surface area contributed by atoms with Crippen molar-refractivity contribution in [2.45, 2.75) is 57.8 Å². The van der Waals surface area contributed by atoms with Crippen LogP contribution in [0.1, 0.15) is 49.3 Å². The third kappa shape index (κ3) is 4.76. The standard InChI is InChI=1S/C22H33N5O2Si/c1-22(2,3)30(4,5)29-13-17(27-12-20(21(24)28)26-14-27)8-6-15-11-25-19-10-16(23)7-9-18(15)19/h7,9-12,14,17,25H,6,8,13,23H2,1-5H3,(H2,24,28)/t17-/m1/s1. The summed E-state index contributed by atoms with van der Waals surface area (Å²) in [6.45, 7) is 11.8. The molecule has 0 spiro atoms. The largest absolute Gasteiger partial charge is 0.415 e. The van der Waals surface area contributed by atoms with Gasteiger partial charge >= 0.3 is 0 Å². The fourth-order valence-corrected chi connectivity index (χ4v) is 4.28. The number of nitrogens with one attached hydrogen (secondary N) is 1. The monoisotopic (exact) mass is 427 g/mol. The molecule has 162 valence electrons. The van der Waals surface area contributed by atoms with E-state index in [2.05, 4.69) is 49.9 Å². The molecule has 1 amide bonds. The molecule has 0 unspecified atom stereocenters. The molecule has 0 bridgehead atoms. The van der Waals surface area contributed by atoms with E-state index in [1.54, 1.807) is 12.5 Å². The van der Waals surface area contributed by atoms with Crippen LogP contribution in [0.15, 0.2) is 36.9 Å². The quantitative estimate of drug-likeness (QED) is 0.369. The number of rotatable bonds is 8. The zero-order valence-corrected chi connectivity index (χ0v) is 19.5. The van der Waals surface area contributed by atoms with E-state index in [0.717, 1.165) is 24.0 Å². The summed E-state index contributed by atoms with van der Waals surface area (Å²) in [6, 6.07) is 5.98. The molecule has 0 saturated heterocycles. The summed E-state index contributed by atoms with van der Waals surface area (Å²) in [5, 5.41) is 1.30. The second-order valence-corrected chi connectivity index (χ2v) is 14.3. The Bertz CT molecular complexity index is 1030. The number of hydrogen-bond donors (Lipinski definition) is 3. The Morgan fingerprint density at radius 2 is 2.07 bits per heavy atom. The van der Waals surface area contributed by atoms with Gasteiger partial charge in [0.15, 0.2) is 8.32 Å². The summed E-state index contributed by atoms with van der Waals surface area (Å²) in [7, 11) is -1.91. The van der Waals surface area contributed by atoms with Crippen LogP contribution in [-0.2, 0) is 10.8 Å². The molecule has 0 aliphatic heterocycles. The zero-order valence-electron chi connectivity index (χ0n) is 18.5. The first-order valence-electron chi connectivity index (χ1n) is 10.3. The predicted molar refractivity (Wildman–Crippen MR) is 124 cm³/mol. The van der Waals surface area contributed by atoms with Crippen molar-refractivity contribution in [2.24, 2.45) is 5.73 Å². The molecule has 30 heavy (non-hydrogen) atoms. The highest BCUT2D eigenvalue weighted by molar-refractivity contribution is 6.74. The van der Waals surface area contributed by atoms with Crippen molar-refractivity contribution in [1.29, 1.82) is 0 Å². The highest BCUT2D eigenvalue weighted by Gasteiger charge is 2.37. The van der Waals surface area contributed by atoms with Crippen LogP contribution in [0.3, 0.4) is 0 Å². The smallest absolute Gasteiger partial charge is 0.268 e. The summed E-state index contributed by atoms with van der Waals surface area (Å²) in [6.07, 6.45) is 7.15. The third-order valence-corrected chi connectivity index (χ3v) is 10.8. The molecule has 0 aliphatic rings. The van der Waals surface area contributed by atoms with E-state index < -0.39 is 14.2 Å². The van der Waals surface area contributed by atoms with Crippen molar-refractivity contribution >= 4 is 30.8 Å². The maximum absolute atomic E-state index is 11.5. The van der Waals surface area contributed by atoms with Crippen LogP contribution in [0.25, 0.3) is 10.9 Å². The van der Waals surface area contributed by atoms with Gasteiger partial charge in [-0.25, -0.2) is 4.98 Å². The number of H-pyrrole nitrogens is 1. The van der Waals surface area contributed by atoms with Gasteiger partial charge in [-0.15, -0.1) is 0 Å². The van der Waals surface area contributed by atoms with Crippen LogP contribution < -0.4 is 11.5 Å². The summed E-state index contributed by atoms with van der Waals surface area (Å²) in [5.74, 6) is -0.521. The van der Waals surface area contributed by atoms with Gasteiger partial charge in [0, 0.05) is 29.0 Å². The van der Waals surface area contributed by atoms with Crippen LogP contribution in [0, 0.1) is 0 Å². The van der Waals surface area contributed by atoms with Gasteiger partial charge in [0.25, 0.3) is 5.91 Å². The van der Waals surface area contributed by atoms with Gasteiger partial charge < -0.3 is 25.4 Å². The number of aromatic amines is 1. The molecule has 3 rings (SSSR count). The molecular formula is C22H33N5O2Si. The Morgan fingerprint density at radius 1 is 1.33 bits per heavy atom. The van der Waals surface area contributed by atoms with Crippen LogP contribution in [0.4, 0.5) is 5.69 Å². The first-order chi connectivity index (χ1) is 14.0. The van der Waals surface area contributed by atoms with Gasteiger partial charge in [-0.05, 0) is 48.7 Å². The topological polar surface area (TPSA) is 112 Å². The summed E-state index contributed by atoms with van der Waals surface area (Å²) in [4.78, 5) is 19.0. The molecule has 0 saturated carbocycles. The van der Waals surface area contributed by atoms with Crippen molar-refractivity contribution in [3.63, 3.8) is 0 Å². The molecule has 5 N–H and O–H groups in total. The van der Waals surface area contributed by atoms with Crippen LogP contribution in [0.2, 0.25) is 18.1 Å². The lowest BCUT2D eigenvalue weighted by atomic mass is 10.0.